The Balaban J connectivity index is 1.78. The molecule has 1 aromatic carbocycles. The van der Waals surface area contributed by atoms with Gasteiger partial charge in [0.05, 0.1) is 6.42 Å². The summed E-state index contributed by atoms with van der Waals surface area (Å²) in [6, 6.07) is 9.39. The molecule has 19 heavy (non-hydrogen) atoms. The lowest BCUT2D eigenvalue weighted by Gasteiger charge is -2.28. The summed E-state index contributed by atoms with van der Waals surface area (Å²) >= 11 is 0. The number of carbonyl (C=O) groups excluding carboxylic acids is 1. The van der Waals surface area contributed by atoms with Gasteiger partial charge in [0.15, 0.2) is 0 Å². The maximum atomic E-state index is 11.9. The third kappa shape index (κ3) is 4.33. The number of nitrogens with zero attached hydrogens (tertiary/aromatic N) is 1. The lowest BCUT2D eigenvalue weighted by atomic mass is 10.0. The van der Waals surface area contributed by atoms with Crippen LogP contribution in [0.1, 0.15) is 30.9 Å². The first-order valence-electron chi connectivity index (χ1n) is 6.83. The Morgan fingerprint density at radius 1 is 1.37 bits per heavy atom. The minimum Gasteiger partial charge on any atom is -0.462 e. The molecule has 4 heteroatoms. The van der Waals surface area contributed by atoms with Crippen LogP contribution in [0, 0.1) is 0 Å². The summed E-state index contributed by atoms with van der Waals surface area (Å²) in [4.78, 5) is 14.1. The van der Waals surface area contributed by atoms with E-state index in [2.05, 4.69) is 11.9 Å². The van der Waals surface area contributed by atoms with Crippen molar-refractivity contribution in [1.82, 2.24) is 4.90 Å². The molecule has 0 amide bonds. The minimum atomic E-state index is -0.278. The Labute approximate surface area is 114 Å². The van der Waals surface area contributed by atoms with E-state index in [1.54, 1.807) is 0 Å². The molecule has 1 fully saturated rings. The van der Waals surface area contributed by atoms with Crippen molar-refractivity contribution in [3.63, 3.8) is 0 Å². The first-order chi connectivity index (χ1) is 9.15. The smallest absolute Gasteiger partial charge is 0.307 e. The fourth-order valence-corrected chi connectivity index (χ4v) is 2.33. The van der Waals surface area contributed by atoms with Crippen molar-refractivity contribution in [3.8, 4) is 0 Å². The predicted octanol–water partition coefficient (Wildman–Crippen LogP) is 1.71. The van der Waals surface area contributed by atoms with Gasteiger partial charge >= 0.3 is 5.97 Å². The summed E-state index contributed by atoms with van der Waals surface area (Å²) < 4.78 is 5.49. The second-order valence-corrected chi connectivity index (χ2v) is 5.21. The molecule has 1 unspecified atom stereocenters. The van der Waals surface area contributed by atoms with E-state index in [0.717, 1.165) is 31.5 Å². The van der Waals surface area contributed by atoms with Gasteiger partial charge in [-0.2, -0.15) is 0 Å². The van der Waals surface area contributed by atoms with Crippen molar-refractivity contribution in [1.29, 1.82) is 0 Å². The predicted molar refractivity (Wildman–Crippen MR) is 74.6 cm³/mol. The van der Waals surface area contributed by atoms with Crippen LogP contribution in [0.3, 0.4) is 0 Å². The van der Waals surface area contributed by atoms with Gasteiger partial charge in [-0.1, -0.05) is 30.3 Å². The van der Waals surface area contributed by atoms with Crippen LogP contribution in [0.5, 0.6) is 0 Å². The molecular formula is C15H22N2O2. The first kappa shape index (κ1) is 14.0. The number of likely N-dealkylation sites (tertiary alicyclic amines) is 1. The molecule has 0 aromatic heterocycles. The summed E-state index contributed by atoms with van der Waals surface area (Å²) in [7, 11) is 2.09. The van der Waals surface area contributed by atoms with Crippen molar-refractivity contribution in [2.24, 2.45) is 5.73 Å². The zero-order valence-electron chi connectivity index (χ0n) is 11.4. The topological polar surface area (TPSA) is 55.6 Å². The molecule has 0 saturated carbocycles. The molecule has 1 aliphatic heterocycles. The van der Waals surface area contributed by atoms with Crippen LogP contribution >= 0.6 is 0 Å². The van der Waals surface area contributed by atoms with E-state index in [1.807, 2.05) is 30.3 Å². The second kappa shape index (κ2) is 6.68. The number of benzene rings is 1. The number of nitrogens with two attached hydrogens (primary N) is 1. The van der Waals surface area contributed by atoms with E-state index in [1.165, 1.54) is 0 Å². The van der Waals surface area contributed by atoms with E-state index in [4.69, 9.17) is 10.5 Å². The second-order valence-electron chi connectivity index (χ2n) is 5.21. The van der Waals surface area contributed by atoms with E-state index in [-0.39, 0.29) is 24.5 Å². The minimum absolute atomic E-state index is 0.0617. The summed E-state index contributed by atoms with van der Waals surface area (Å²) in [6.45, 7) is 1.98. The summed E-state index contributed by atoms with van der Waals surface area (Å²) in [5.41, 5.74) is 6.99. The SMILES string of the molecule is CN1CCC(OC(=O)CC(N)c2ccccc2)CC1. The molecule has 0 bridgehead atoms. The molecule has 1 aliphatic rings. The number of rotatable bonds is 4. The van der Waals surface area contributed by atoms with Gasteiger partial charge in [-0.3, -0.25) is 4.79 Å². The fourth-order valence-electron chi connectivity index (χ4n) is 2.33. The fraction of sp³-hybridized carbons (Fsp3) is 0.533. The monoisotopic (exact) mass is 262 g/mol. The Kier molecular flexibility index (Phi) is 4.93. The maximum absolute atomic E-state index is 11.9. The Morgan fingerprint density at radius 2 is 2.00 bits per heavy atom. The Hall–Kier alpha value is -1.39. The quantitative estimate of drug-likeness (QED) is 0.839. The molecule has 104 valence electrons. The van der Waals surface area contributed by atoms with Crippen LogP contribution in [0.15, 0.2) is 30.3 Å². The average molecular weight is 262 g/mol. The van der Waals surface area contributed by atoms with E-state index < -0.39 is 0 Å². The van der Waals surface area contributed by atoms with Gasteiger partial charge < -0.3 is 15.4 Å². The third-order valence-electron chi connectivity index (χ3n) is 3.58. The van der Waals surface area contributed by atoms with E-state index >= 15 is 0 Å². The normalized spacial score (nSPS) is 19.1. The number of ether oxygens (including phenoxy) is 1. The average Bonchev–Trinajstić information content (AvgIpc) is 2.42. The molecule has 1 heterocycles. The summed E-state index contributed by atoms with van der Waals surface area (Å²) in [5, 5.41) is 0. The molecule has 2 rings (SSSR count). The van der Waals surface area contributed by atoms with Crippen LogP contribution in [0.25, 0.3) is 0 Å². The highest BCUT2D eigenvalue weighted by molar-refractivity contribution is 5.70. The van der Waals surface area contributed by atoms with Crippen LogP contribution in [0.4, 0.5) is 0 Å². The highest BCUT2D eigenvalue weighted by Gasteiger charge is 2.21. The van der Waals surface area contributed by atoms with Gasteiger partial charge in [0.2, 0.25) is 0 Å². The number of piperidine rings is 1. The van der Waals surface area contributed by atoms with Crippen molar-refractivity contribution in [2.75, 3.05) is 20.1 Å². The lowest BCUT2D eigenvalue weighted by Crippen LogP contribution is -2.35. The summed E-state index contributed by atoms with van der Waals surface area (Å²) in [6.07, 6.45) is 2.15. The van der Waals surface area contributed by atoms with E-state index in [0.29, 0.717) is 0 Å². The highest BCUT2D eigenvalue weighted by atomic mass is 16.5. The number of esters is 1. The van der Waals surface area contributed by atoms with Crippen LogP contribution in [-0.2, 0) is 9.53 Å². The number of hydrogen-bond donors (Lipinski definition) is 1. The molecule has 0 radical (unpaired) electrons. The third-order valence-corrected chi connectivity index (χ3v) is 3.58. The Morgan fingerprint density at radius 3 is 2.63 bits per heavy atom. The first-order valence-corrected chi connectivity index (χ1v) is 6.83. The van der Waals surface area contributed by atoms with Gasteiger partial charge in [0, 0.05) is 19.1 Å². The van der Waals surface area contributed by atoms with Crippen molar-refractivity contribution in [2.45, 2.75) is 31.4 Å². The van der Waals surface area contributed by atoms with Crippen LogP contribution < -0.4 is 5.73 Å². The van der Waals surface area contributed by atoms with Gasteiger partial charge in [-0.25, -0.2) is 0 Å². The molecular weight excluding hydrogens is 240 g/mol. The van der Waals surface area contributed by atoms with Gasteiger partial charge in [0.25, 0.3) is 0 Å². The molecule has 4 nitrogen and oxygen atoms in total. The van der Waals surface area contributed by atoms with Gasteiger partial charge in [-0.05, 0) is 25.5 Å². The van der Waals surface area contributed by atoms with Crippen LogP contribution in [0.2, 0.25) is 0 Å². The number of hydrogen-bond acceptors (Lipinski definition) is 4. The molecule has 1 saturated heterocycles. The van der Waals surface area contributed by atoms with Gasteiger partial charge in [-0.15, -0.1) is 0 Å². The van der Waals surface area contributed by atoms with Crippen LogP contribution in [-0.4, -0.2) is 37.1 Å². The molecule has 2 N–H and O–H groups in total. The van der Waals surface area contributed by atoms with E-state index in [9.17, 15) is 4.79 Å². The van der Waals surface area contributed by atoms with Crippen molar-refractivity contribution >= 4 is 5.97 Å². The maximum Gasteiger partial charge on any atom is 0.307 e. The molecule has 0 aliphatic carbocycles. The lowest BCUT2D eigenvalue weighted by molar-refractivity contribution is -0.151. The Bertz CT molecular complexity index is 400. The number of carbonyl (C=O) groups is 1. The highest BCUT2D eigenvalue weighted by Crippen LogP contribution is 2.17. The van der Waals surface area contributed by atoms with Crippen molar-refractivity contribution < 1.29 is 9.53 Å². The molecule has 1 aromatic rings. The standard InChI is InChI=1S/C15H22N2O2/c1-17-9-7-13(8-10-17)19-15(18)11-14(16)12-5-3-2-4-6-12/h2-6,13-14H,7-11,16H2,1H3. The largest absolute Gasteiger partial charge is 0.462 e. The zero-order valence-corrected chi connectivity index (χ0v) is 11.4. The summed E-state index contributed by atoms with van der Waals surface area (Å²) in [5.74, 6) is -0.189. The van der Waals surface area contributed by atoms with Crippen molar-refractivity contribution in [3.05, 3.63) is 35.9 Å². The molecule has 0 spiro atoms. The van der Waals surface area contributed by atoms with Gasteiger partial charge in [0.1, 0.15) is 6.10 Å². The zero-order chi connectivity index (χ0) is 13.7. The molecule has 1 atom stereocenters.